The third-order valence-corrected chi connectivity index (χ3v) is 3.46. The fourth-order valence-corrected chi connectivity index (χ4v) is 2.55. The second kappa shape index (κ2) is 7.60. The Morgan fingerprint density at radius 2 is 1.50 bits per heavy atom. The number of rotatable bonds is 7. The van der Waals surface area contributed by atoms with Crippen LogP contribution in [0.4, 0.5) is 5.82 Å². The van der Waals surface area contributed by atoms with E-state index in [1.54, 1.807) is 19.9 Å². The van der Waals surface area contributed by atoms with Crippen LogP contribution in [0.15, 0.2) is 23.0 Å². The molecule has 138 valence electrons. The van der Waals surface area contributed by atoms with Crippen LogP contribution in [0.5, 0.6) is 11.5 Å². The van der Waals surface area contributed by atoms with Gasteiger partial charge in [-0.05, 0) is 31.5 Å². The highest BCUT2D eigenvalue weighted by atomic mass is 16.5. The Morgan fingerprint density at radius 3 is 1.92 bits per heavy atom. The number of aromatic amines is 1. The zero-order chi connectivity index (χ0) is 19.4. The Bertz CT molecular complexity index is 894. The molecule has 0 amide bonds. The Morgan fingerprint density at radius 1 is 1.00 bits per heavy atom. The van der Waals surface area contributed by atoms with E-state index in [0.717, 1.165) is 0 Å². The fraction of sp³-hybridized carbons (Fsp3) is 0.235. The van der Waals surface area contributed by atoms with Gasteiger partial charge < -0.3 is 30.4 Å². The van der Waals surface area contributed by atoms with Gasteiger partial charge in [0, 0.05) is 11.6 Å². The molecule has 1 aromatic heterocycles. The van der Waals surface area contributed by atoms with E-state index in [-0.39, 0.29) is 11.1 Å². The van der Waals surface area contributed by atoms with Crippen molar-refractivity contribution in [1.29, 1.82) is 0 Å². The highest BCUT2D eigenvalue weighted by molar-refractivity contribution is 6.07. The number of hydrogen-bond acceptors (Lipinski definition) is 6. The normalized spacial score (nSPS) is 10.4. The van der Waals surface area contributed by atoms with Gasteiger partial charge in [-0.2, -0.15) is 0 Å². The zero-order valence-corrected chi connectivity index (χ0v) is 14.2. The fourth-order valence-electron chi connectivity index (χ4n) is 2.55. The van der Waals surface area contributed by atoms with Crippen LogP contribution < -0.4 is 20.8 Å². The predicted molar refractivity (Wildman–Crippen MR) is 93.2 cm³/mol. The van der Waals surface area contributed by atoms with Crippen molar-refractivity contribution in [3.8, 4) is 22.6 Å². The van der Waals surface area contributed by atoms with E-state index in [4.69, 9.17) is 15.2 Å². The molecule has 9 heteroatoms. The predicted octanol–water partition coefficient (Wildman–Crippen LogP) is 1.82. The van der Waals surface area contributed by atoms with Crippen molar-refractivity contribution < 1.29 is 29.3 Å². The first-order valence-electron chi connectivity index (χ1n) is 7.73. The highest BCUT2D eigenvalue weighted by Gasteiger charge is 2.27. The number of aromatic nitrogens is 1. The molecular weight excluding hydrogens is 344 g/mol. The van der Waals surface area contributed by atoms with Crippen LogP contribution in [-0.4, -0.2) is 40.3 Å². The van der Waals surface area contributed by atoms with Gasteiger partial charge in [-0.1, -0.05) is 0 Å². The molecule has 1 aromatic carbocycles. The van der Waals surface area contributed by atoms with Crippen LogP contribution in [0.2, 0.25) is 0 Å². The van der Waals surface area contributed by atoms with Crippen LogP contribution in [-0.2, 0) is 0 Å². The number of aromatic carboxylic acids is 2. The summed E-state index contributed by atoms with van der Waals surface area (Å²) in [7, 11) is 0. The minimum absolute atomic E-state index is 0.131. The summed E-state index contributed by atoms with van der Waals surface area (Å²) >= 11 is 0. The molecule has 0 spiro atoms. The number of pyridine rings is 1. The number of ether oxygens (including phenoxy) is 2. The third-order valence-electron chi connectivity index (χ3n) is 3.46. The summed E-state index contributed by atoms with van der Waals surface area (Å²) in [5.74, 6) is -2.83. The van der Waals surface area contributed by atoms with Crippen LogP contribution >= 0.6 is 0 Å². The number of nitrogens with one attached hydrogen (secondary N) is 1. The van der Waals surface area contributed by atoms with Crippen molar-refractivity contribution >= 4 is 17.8 Å². The molecule has 0 aliphatic rings. The lowest BCUT2D eigenvalue weighted by molar-refractivity contribution is 0.0695. The summed E-state index contributed by atoms with van der Waals surface area (Å²) < 4.78 is 10.8. The summed E-state index contributed by atoms with van der Waals surface area (Å²) in [5.41, 5.74) is 3.20. The summed E-state index contributed by atoms with van der Waals surface area (Å²) in [5, 5.41) is 18.9. The SMILES string of the molecule is CCOc1cc(OCC)cc(-c2c(C(=O)O)c(N)[nH]c(=O)c2C(=O)O)c1. The van der Waals surface area contributed by atoms with E-state index in [2.05, 4.69) is 4.98 Å². The highest BCUT2D eigenvalue weighted by Crippen LogP contribution is 2.34. The number of nitrogens with two attached hydrogens (primary N) is 1. The first kappa shape index (κ1) is 18.8. The monoisotopic (exact) mass is 362 g/mol. The van der Waals surface area contributed by atoms with Gasteiger partial charge in [-0.15, -0.1) is 0 Å². The average Bonchev–Trinajstić information content (AvgIpc) is 2.53. The molecule has 0 saturated heterocycles. The largest absolute Gasteiger partial charge is 0.494 e. The molecule has 26 heavy (non-hydrogen) atoms. The first-order valence-corrected chi connectivity index (χ1v) is 7.73. The lowest BCUT2D eigenvalue weighted by atomic mass is 9.95. The van der Waals surface area contributed by atoms with Crippen molar-refractivity contribution in [2.24, 2.45) is 0 Å². The van der Waals surface area contributed by atoms with E-state index in [9.17, 15) is 24.6 Å². The van der Waals surface area contributed by atoms with Crippen LogP contribution in [0.3, 0.4) is 0 Å². The summed E-state index contributed by atoms with van der Waals surface area (Å²) in [6, 6.07) is 4.44. The number of benzene rings is 1. The quantitative estimate of drug-likeness (QED) is 0.582. The van der Waals surface area contributed by atoms with Crippen molar-refractivity contribution in [1.82, 2.24) is 4.98 Å². The maximum Gasteiger partial charge on any atom is 0.342 e. The van der Waals surface area contributed by atoms with Crippen LogP contribution in [0, 0.1) is 0 Å². The van der Waals surface area contributed by atoms with E-state index in [1.807, 2.05) is 0 Å². The van der Waals surface area contributed by atoms with Gasteiger partial charge in [-0.3, -0.25) is 4.79 Å². The van der Waals surface area contributed by atoms with E-state index < -0.39 is 34.4 Å². The number of carbonyl (C=O) groups is 2. The summed E-state index contributed by atoms with van der Waals surface area (Å²) in [4.78, 5) is 37.4. The lowest BCUT2D eigenvalue weighted by Gasteiger charge is -2.15. The minimum Gasteiger partial charge on any atom is -0.494 e. The Balaban J connectivity index is 2.91. The van der Waals surface area contributed by atoms with Crippen molar-refractivity contribution in [2.75, 3.05) is 18.9 Å². The molecule has 9 nitrogen and oxygen atoms in total. The van der Waals surface area contributed by atoms with Gasteiger partial charge in [0.25, 0.3) is 5.56 Å². The number of carboxylic acids is 2. The molecule has 0 fully saturated rings. The molecule has 1 heterocycles. The number of carboxylic acid groups (broad SMARTS) is 2. The second-order valence-electron chi connectivity index (χ2n) is 5.16. The van der Waals surface area contributed by atoms with E-state index in [1.165, 1.54) is 12.1 Å². The van der Waals surface area contributed by atoms with E-state index in [0.29, 0.717) is 24.7 Å². The molecule has 0 bridgehead atoms. The van der Waals surface area contributed by atoms with Gasteiger partial charge in [0.05, 0.1) is 13.2 Å². The smallest absolute Gasteiger partial charge is 0.342 e. The first-order chi connectivity index (χ1) is 12.3. The third kappa shape index (κ3) is 3.61. The van der Waals surface area contributed by atoms with Gasteiger partial charge in [-0.25, -0.2) is 9.59 Å². The number of anilines is 1. The molecule has 0 unspecified atom stereocenters. The molecule has 0 atom stereocenters. The molecular formula is C17H18N2O7. The average molecular weight is 362 g/mol. The van der Waals surface area contributed by atoms with Gasteiger partial charge in [0.15, 0.2) is 0 Å². The van der Waals surface area contributed by atoms with Gasteiger partial charge in [0.1, 0.15) is 28.4 Å². The maximum atomic E-state index is 12.1. The maximum absolute atomic E-state index is 12.1. The molecule has 0 aliphatic heterocycles. The molecule has 0 aliphatic carbocycles. The van der Waals surface area contributed by atoms with E-state index >= 15 is 0 Å². The second-order valence-corrected chi connectivity index (χ2v) is 5.16. The van der Waals surface area contributed by atoms with Crippen LogP contribution in [0.25, 0.3) is 11.1 Å². The molecule has 0 saturated carbocycles. The minimum atomic E-state index is -1.58. The van der Waals surface area contributed by atoms with Gasteiger partial charge in [0.2, 0.25) is 0 Å². The number of H-pyrrole nitrogens is 1. The Kier molecular flexibility index (Phi) is 5.51. The molecule has 2 aromatic rings. The Hall–Kier alpha value is -3.49. The standard InChI is InChI=1S/C17H18N2O7/c1-3-25-9-5-8(6-10(7-9)26-4-2)11-12(16(21)22)14(18)19-15(20)13(11)17(23)24/h5-7H,3-4H2,1-2H3,(H,21,22)(H,23,24)(H3,18,19,20). The lowest BCUT2D eigenvalue weighted by Crippen LogP contribution is -2.24. The molecule has 2 rings (SSSR count). The molecule has 0 radical (unpaired) electrons. The van der Waals surface area contributed by atoms with Crippen LogP contribution in [0.1, 0.15) is 34.6 Å². The van der Waals surface area contributed by atoms with Gasteiger partial charge >= 0.3 is 11.9 Å². The number of hydrogen-bond donors (Lipinski definition) is 4. The summed E-state index contributed by atoms with van der Waals surface area (Å²) in [6.07, 6.45) is 0. The number of nitrogen functional groups attached to an aromatic ring is 1. The molecule has 5 N–H and O–H groups in total. The van der Waals surface area contributed by atoms with Crippen molar-refractivity contribution in [2.45, 2.75) is 13.8 Å². The Labute approximate surface area is 148 Å². The zero-order valence-electron chi connectivity index (χ0n) is 14.2. The summed E-state index contributed by atoms with van der Waals surface area (Å²) in [6.45, 7) is 4.15. The van der Waals surface area contributed by atoms with Crippen molar-refractivity contribution in [3.05, 3.63) is 39.7 Å². The van der Waals surface area contributed by atoms with Crippen molar-refractivity contribution in [3.63, 3.8) is 0 Å². The topological polar surface area (TPSA) is 152 Å².